The van der Waals surface area contributed by atoms with E-state index in [9.17, 15) is 0 Å². The summed E-state index contributed by atoms with van der Waals surface area (Å²) in [6, 6.07) is 6.90. The van der Waals surface area contributed by atoms with E-state index in [0.29, 0.717) is 6.04 Å². The van der Waals surface area contributed by atoms with Gasteiger partial charge in [0.1, 0.15) is 11.4 Å². The molecule has 0 bridgehead atoms. The molecule has 1 unspecified atom stereocenters. The zero-order chi connectivity index (χ0) is 14.3. The van der Waals surface area contributed by atoms with Crippen molar-refractivity contribution < 1.29 is 4.74 Å². The molecule has 0 aromatic heterocycles. The molecule has 20 heavy (non-hydrogen) atoms. The topological polar surface area (TPSA) is 38.5 Å². The number of halogens is 1. The summed E-state index contributed by atoms with van der Waals surface area (Å²) in [4.78, 5) is 2.52. The summed E-state index contributed by atoms with van der Waals surface area (Å²) < 4.78 is 7.46. The Kier molecular flexibility index (Phi) is 3.82. The first-order valence-electron chi connectivity index (χ1n) is 7.47. The van der Waals surface area contributed by atoms with Crippen molar-refractivity contribution in [2.75, 3.05) is 13.1 Å². The molecular weight excluding hydrogens is 316 g/mol. The molecule has 0 radical (unpaired) electrons. The molecule has 110 valence electrons. The quantitative estimate of drug-likeness (QED) is 0.851. The van der Waals surface area contributed by atoms with Crippen molar-refractivity contribution in [3.63, 3.8) is 0 Å². The van der Waals surface area contributed by atoms with Crippen LogP contribution in [0.3, 0.4) is 0 Å². The van der Waals surface area contributed by atoms with Crippen LogP contribution in [-0.2, 0) is 0 Å². The van der Waals surface area contributed by atoms with Gasteiger partial charge in [-0.05, 0) is 38.8 Å². The lowest BCUT2D eigenvalue weighted by molar-refractivity contribution is -0.0279. The standard InChI is InChI=1S/C16H23BrN2O/c1-11(2)19-7-5-16(6-8-19)10-14(18)13-4-3-12(17)9-15(13)20-16/h3-4,9,11,14H,5-8,10,18H2,1-2H3. The summed E-state index contributed by atoms with van der Waals surface area (Å²) in [5, 5.41) is 0. The summed E-state index contributed by atoms with van der Waals surface area (Å²) in [6.07, 6.45) is 3.09. The van der Waals surface area contributed by atoms with Gasteiger partial charge in [0.25, 0.3) is 0 Å². The van der Waals surface area contributed by atoms with Crippen LogP contribution in [-0.4, -0.2) is 29.6 Å². The number of rotatable bonds is 1. The maximum absolute atomic E-state index is 6.40. The number of nitrogens with zero attached hydrogens (tertiary/aromatic N) is 1. The molecule has 1 saturated heterocycles. The number of hydrogen-bond acceptors (Lipinski definition) is 3. The predicted molar refractivity (Wildman–Crippen MR) is 85.0 cm³/mol. The van der Waals surface area contributed by atoms with Gasteiger partial charge in [0.05, 0.1) is 0 Å². The van der Waals surface area contributed by atoms with E-state index < -0.39 is 0 Å². The molecule has 1 atom stereocenters. The number of fused-ring (bicyclic) bond motifs is 1. The molecule has 1 spiro atoms. The number of likely N-dealkylation sites (tertiary alicyclic amines) is 1. The number of hydrogen-bond donors (Lipinski definition) is 1. The second-order valence-electron chi connectivity index (χ2n) is 6.41. The van der Waals surface area contributed by atoms with Gasteiger partial charge >= 0.3 is 0 Å². The smallest absolute Gasteiger partial charge is 0.126 e. The largest absolute Gasteiger partial charge is 0.487 e. The molecule has 4 heteroatoms. The summed E-state index contributed by atoms with van der Waals surface area (Å²) in [5.41, 5.74) is 7.47. The number of piperidine rings is 1. The van der Waals surface area contributed by atoms with Crippen LogP contribution < -0.4 is 10.5 Å². The minimum absolute atomic E-state index is 0.0569. The van der Waals surface area contributed by atoms with Crippen molar-refractivity contribution in [3.8, 4) is 5.75 Å². The lowest BCUT2D eigenvalue weighted by atomic mass is 9.80. The molecular formula is C16H23BrN2O. The lowest BCUT2D eigenvalue weighted by Gasteiger charge is -2.47. The molecule has 3 rings (SSSR count). The maximum atomic E-state index is 6.40. The average molecular weight is 339 g/mol. The second kappa shape index (κ2) is 5.32. The lowest BCUT2D eigenvalue weighted by Crippen LogP contribution is -2.52. The molecule has 2 N–H and O–H groups in total. The highest BCUT2D eigenvalue weighted by molar-refractivity contribution is 9.10. The molecule has 1 aromatic carbocycles. The Bertz CT molecular complexity index is 495. The zero-order valence-electron chi connectivity index (χ0n) is 12.2. The monoisotopic (exact) mass is 338 g/mol. The van der Waals surface area contributed by atoms with Crippen molar-refractivity contribution in [1.82, 2.24) is 4.90 Å². The minimum atomic E-state index is -0.0569. The molecule has 2 heterocycles. The number of ether oxygens (including phenoxy) is 1. The SMILES string of the molecule is CC(C)N1CCC2(CC1)CC(N)c1ccc(Br)cc1O2. The Balaban J connectivity index is 1.81. The van der Waals surface area contributed by atoms with Gasteiger partial charge < -0.3 is 15.4 Å². The van der Waals surface area contributed by atoms with Crippen LogP contribution in [0.15, 0.2) is 22.7 Å². The van der Waals surface area contributed by atoms with Crippen LogP contribution in [0, 0.1) is 0 Å². The van der Waals surface area contributed by atoms with Crippen LogP contribution in [0.2, 0.25) is 0 Å². The molecule has 1 aromatic rings. The summed E-state index contributed by atoms with van der Waals surface area (Å²) >= 11 is 3.52. The highest BCUT2D eigenvalue weighted by atomic mass is 79.9. The zero-order valence-corrected chi connectivity index (χ0v) is 13.8. The first-order chi connectivity index (χ1) is 9.49. The summed E-state index contributed by atoms with van der Waals surface area (Å²) in [7, 11) is 0. The fourth-order valence-corrected chi connectivity index (χ4v) is 3.78. The van der Waals surface area contributed by atoms with Gasteiger partial charge in [-0.1, -0.05) is 22.0 Å². The van der Waals surface area contributed by atoms with Crippen molar-refractivity contribution in [3.05, 3.63) is 28.2 Å². The fourth-order valence-electron chi connectivity index (χ4n) is 3.44. The van der Waals surface area contributed by atoms with Crippen LogP contribution in [0.1, 0.15) is 44.7 Å². The molecule has 0 saturated carbocycles. The Hall–Kier alpha value is -0.580. The minimum Gasteiger partial charge on any atom is -0.487 e. The van der Waals surface area contributed by atoms with Crippen molar-refractivity contribution in [2.45, 2.75) is 50.8 Å². The highest BCUT2D eigenvalue weighted by Gasteiger charge is 2.42. The third-order valence-electron chi connectivity index (χ3n) is 4.73. The van der Waals surface area contributed by atoms with Crippen molar-refractivity contribution in [2.24, 2.45) is 5.73 Å². The van der Waals surface area contributed by atoms with Gasteiger partial charge in [-0.3, -0.25) is 0 Å². The van der Waals surface area contributed by atoms with Gasteiger partial charge in [-0.2, -0.15) is 0 Å². The Labute approximate surface area is 129 Å². The van der Waals surface area contributed by atoms with Gasteiger partial charge in [-0.15, -0.1) is 0 Å². The van der Waals surface area contributed by atoms with Gasteiger partial charge in [0, 0.05) is 41.6 Å². The highest BCUT2D eigenvalue weighted by Crippen LogP contribution is 2.44. The Morgan fingerprint density at radius 3 is 2.70 bits per heavy atom. The van der Waals surface area contributed by atoms with E-state index in [0.717, 1.165) is 48.1 Å². The Morgan fingerprint density at radius 2 is 2.05 bits per heavy atom. The summed E-state index contributed by atoms with van der Waals surface area (Å²) in [5.74, 6) is 0.969. The molecule has 0 amide bonds. The van der Waals surface area contributed by atoms with Gasteiger partial charge in [0.15, 0.2) is 0 Å². The van der Waals surface area contributed by atoms with Crippen LogP contribution in [0.25, 0.3) is 0 Å². The van der Waals surface area contributed by atoms with E-state index in [1.54, 1.807) is 0 Å². The van der Waals surface area contributed by atoms with E-state index in [-0.39, 0.29) is 11.6 Å². The maximum Gasteiger partial charge on any atom is 0.126 e. The summed E-state index contributed by atoms with van der Waals surface area (Å²) in [6.45, 7) is 6.73. The van der Waals surface area contributed by atoms with E-state index in [2.05, 4.69) is 46.8 Å². The first kappa shape index (κ1) is 14.4. The van der Waals surface area contributed by atoms with Crippen molar-refractivity contribution >= 4 is 15.9 Å². The molecule has 3 nitrogen and oxygen atoms in total. The third-order valence-corrected chi connectivity index (χ3v) is 5.23. The molecule has 2 aliphatic rings. The van der Waals surface area contributed by atoms with E-state index in [1.807, 2.05) is 6.07 Å². The molecule has 2 aliphatic heterocycles. The fraction of sp³-hybridized carbons (Fsp3) is 0.625. The van der Waals surface area contributed by atoms with Crippen LogP contribution in [0.5, 0.6) is 5.75 Å². The van der Waals surface area contributed by atoms with E-state index in [4.69, 9.17) is 10.5 Å². The number of nitrogens with two attached hydrogens (primary N) is 1. The average Bonchev–Trinajstić information content (AvgIpc) is 2.38. The van der Waals surface area contributed by atoms with Gasteiger partial charge in [0.2, 0.25) is 0 Å². The number of benzene rings is 1. The third kappa shape index (κ3) is 2.61. The molecule has 1 fully saturated rings. The second-order valence-corrected chi connectivity index (χ2v) is 7.32. The van der Waals surface area contributed by atoms with E-state index >= 15 is 0 Å². The van der Waals surface area contributed by atoms with Crippen molar-refractivity contribution in [1.29, 1.82) is 0 Å². The molecule has 0 aliphatic carbocycles. The van der Waals surface area contributed by atoms with Crippen LogP contribution in [0.4, 0.5) is 0 Å². The normalized spacial score (nSPS) is 25.6. The first-order valence-corrected chi connectivity index (χ1v) is 8.26. The van der Waals surface area contributed by atoms with E-state index in [1.165, 1.54) is 0 Å². The predicted octanol–water partition coefficient (Wildman–Crippen LogP) is 3.47. The Morgan fingerprint density at radius 1 is 1.35 bits per heavy atom. The van der Waals surface area contributed by atoms with Gasteiger partial charge in [-0.25, -0.2) is 0 Å². The van der Waals surface area contributed by atoms with Crippen LogP contribution >= 0.6 is 15.9 Å².